The van der Waals surface area contributed by atoms with E-state index in [9.17, 15) is 19.7 Å². The van der Waals surface area contributed by atoms with Gasteiger partial charge in [-0.3, -0.25) is 24.3 Å². The normalized spacial score (nSPS) is 12.0. The van der Waals surface area contributed by atoms with Crippen molar-refractivity contribution in [3.8, 4) is 5.69 Å². The maximum absolute atomic E-state index is 13.0. The number of amides is 1. The molecule has 0 spiro atoms. The molecule has 1 N–H and O–H groups in total. The molecular weight excluding hydrogens is 448 g/mol. The van der Waals surface area contributed by atoms with Gasteiger partial charge in [-0.05, 0) is 29.3 Å². The van der Waals surface area contributed by atoms with Crippen LogP contribution < -0.4 is 10.9 Å². The van der Waals surface area contributed by atoms with Crippen molar-refractivity contribution in [2.24, 2.45) is 0 Å². The molecule has 2 aromatic heterocycles. The average molecular weight is 468 g/mol. The number of nitro groups is 1. The molecule has 2 heterocycles. The highest BCUT2D eigenvalue weighted by Crippen LogP contribution is 2.25. The van der Waals surface area contributed by atoms with Crippen LogP contribution in [0.2, 0.25) is 0 Å². The van der Waals surface area contributed by atoms with Crippen LogP contribution in [0.5, 0.6) is 0 Å². The van der Waals surface area contributed by atoms with Crippen LogP contribution in [0.15, 0.2) is 84.0 Å². The summed E-state index contributed by atoms with van der Waals surface area (Å²) in [5.41, 5.74) is 0.713. The zero-order valence-electron chi connectivity index (χ0n) is 18.7. The summed E-state index contributed by atoms with van der Waals surface area (Å²) in [6, 6.07) is 19.6. The Kier molecular flexibility index (Phi) is 5.54. The number of para-hydroxylation sites is 2. The maximum Gasteiger partial charge on any atom is 0.294 e. The highest BCUT2D eigenvalue weighted by atomic mass is 16.6. The predicted octanol–water partition coefficient (Wildman–Crippen LogP) is 3.52. The quantitative estimate of drug-likeness (QED) is 0.300. The van der Waals surface area contributed by atoms with Crippen LogP contribution in [0.4, 0.5) is 5.69 Å². The predicted molar refractivity (Wildman–Crippen MR) is 130 cm³/mol. The first-order valence-corrected chi connectivity index (χ1v) is 10.9. The summed E-state index contributed by atoms with van der Waals surface area (Å²) in [7, 11) is 0. The molecule has 0 saturated heterocycles. The van der Waals surface area contributed by atoms with E-state index >= 15 is 0 Å². The van der Waals surface area contributed by atoms with E-state index in [-0.39, 0.29) is 40.9 Å². The summed E-state index contributed by atoms with van der Waals surface area (Å²) in [6.45, 7) is 1.66. The number of hydrogen-bond acceptors (Lipinski definition) is 6. The second kappa shape index (κ2) is 8.82. The third-order valence-corrected chi connectivity index (χ3v) is 5.84. The highest BCUT2D eigenvalue weighted by Gasteiger charge is 2.20. The first-order valence-electron chi connectivity index (χ1n) is 10.9. The van der Waals surface area contributed by atoms with Gasteiger partial charge < -0.3 is 5.32 Å². The molecule has 3 aromatic carbocycles. The van der Waals surface area contributed by atoms with Crippen LogP contribution in [0.1, 0.15) is 18.5 Å². The SMILES string of the molecule is CC(NC(=O)Cn1cnc2c(cnn2-c2ccccc2[N+](=O)[O-])c1=O)c1cccc2ccccc12. The van der Waals surface area contributed by atoms with Crippen molar-refractivity contribution in [3.63, 3.8) is 0 Å². The Morgan fingerprint density at radius 3 is 2.63 bits per heavy atom. The molecule has 0 aliphatic heterocycles. The van der Waals surface area contributed by atoms with E-state index in [1.54, 1.807) is 12.1 Å². The summed E-state index contributed by atoms with van der Waals surface area (Å²) in [5.74, 6) is -0.347. The molecule has 1 atom stereocenters. The third-order valence-electron chi connectivity index (χ3n) is 5.84. The largest absolute Gasteiger partial charge is 0.348 e. The average Bonchev–Trinajstić information content (AvgIpc) is 3.30. The lowest BCUT2D eigenvalue weighted by atomic mass is 10.00. The van der Waals surface area contributed by atoms with Crippen LogP contribution in [0.25, 0.3) is 27.5 Å². The molecule has 35 heavy (non-hydrogen) atoms. The van der Waals surface area contributed by atoms with Gasteiger partial charge in [-0.25, -0.2) is 9.67 Å². The minimum atomic E-state index is -0.522. The second-order valence-corrected chi connectivity index (χ2v) is 8.07. The smallest absolute Gasteiger partial charge is 0.294 e. The number of carbonyl (C=O) groups is 1. The van der Waals surface area contributed by atoms with E-state index in [1.807, 2.05) is 49.4 Å². The first-order chi connectivity index (χ1) is 16.9. The zero-order valence-corrected chi connectivity index (χ0v) is 18.7. The molecule has 0 fully saturated rings. The molecule has 10 nitrogen and oxygen atoms in total. The third kappa shape index (κ3) is 4.01. The molecule has 1 unspecified atom stereocenters. The molecule has 5 aromatic rings. The van der Waals surface area contributed by atoms with Gasteiger partial charge in [0.05, 0.1) is 17.2 Å². The Hall–Kier alpha value is -4.86. The molecule has 174 valence electrons. The summed E-state index contributed by atoms with van der Waals surface area (Å²) >= 11 is 0. The zero-order chi connectivity index (χ0) is 24.5. The van der Waals surface area contributed by atoms with Crippen molar-refractivity contribution in [2.45, 2.75) is 19.5 Å². The lowest BCUT2D eigenvalue weighted by molar-refractivity contribution is -0.384. The van der Waals surface area contributed by atoms with Gasteiger partial charge in [0.2, 0.25) is 5.91 Å². The molecule has 5 rings (SSSR count). The number of nitro benzene ring substituents is 1. The highest BCUT2D eigenvalue weighted by molar-refractivity contribution is 5.87. The summed E-state index contributed by atoms with van der Waals surface area (Å²) in [5, 5.41) is 20.8. The Morgan fingerprint density at radius 2 is 1.80 bits per heavy atom. The molecule has 10 heteroatoms. The minimum absolute atomic E-state index is 0.153. The van der Waals surface area contributed by atoms with Gasteiger partial charge >= 0.3 is 0 Å². The van der Waals surface area contributed by atoms with Gasteiger partial charge in [0.25, 0.3) is 11.2 Å². The number of fused-ring (bicyclic) bond motifs is 2. The lowest BCUT2D eigenvalue weighted by Gasteiger charge is -2.17. The first kappa shape index (κ1) is 22.0. The van der Waals surface area contributed by atoms with E-state index in [0.29, 0.717) is 0 Å². The van der Waals surface area contributed by atoms with E-state index < -0.39 is 10.5 Å². The van der Waals surface area contributed by atoms with Gasteiger partial charge in [0, 0.05) is 6.07 Å². The van der Waals surface area contributed by atoms with Gasteiger partial charge in [0.15, 0.2) is 5.65 Å². The maximum atomic E-state index is 13.0. The fourth-order valence-electron chi connectivity index (χ4n) is 4.18. The molecule has 0 aliphatic rings. The summed E-state index contributed by atoms with van der Waals surface area (Å²) in [6.07, 6.45) is 2.55. The van der Waals surface area contributed by atoms with Crippen LogP contribution >= 0.6 is 0 Å². The molecule has 1 amide bonds. The Balaban J connectivity index is 1.40. The van der Waals surface area contributed by atoms with Gasteiger partial charge in [-0.15, -0.1) is 0 Å². The topological polar surface area (TPSA) is 125 Å². The second-order valence-electron chi connectivity index (χ2n) is 8.07. The number of rotatable bonds is 6. The number of benzene rings is 3. The van der Waals surface area contributed by atoms with Crippen molar-refractivity contribution in [1.82, 2.24) is 24.6 Å². The molecule has 0 bridgehead atoms. The Bertz CT molecular complexity index is 1650. The number of carbonyl (C=O) groups excluding carboxylic acids is 1. The number of hydrogen-bond donors (Lipinski definition) is 1. The standard InChI is InChI=1S/C25H20N6O4/c1-16(18-10-6-8-17-7-2-3-9-19(17)18)28-23(32)14-29-15-26-24-20(25(29)33)13-27-30(24)21-11-4-5-12-22(21)31(34)35/h2-13,15-16H,14H2,1H3,(H,28,32). The molecule has 0 saturated carbocycles. The van der Waals surface area contributed by atoms with E-state index in [1.165, 1.54) is 33.9 Å². The summed E-state index contributed by atoms with van der Waals surface area (Å²) < 4.78 is 2.45. The molecule has 0 radical (unpaired) electrons. The van der Waals surface area contributed by atoms with E-state index in [2.05, 4.69) is 15.4 Å². The van der Waals surface area contributed by atoms with Crippen molar-refractivity contribution in [3.05, 3.63) is 105 Å². The number of nitrogens with one attached hydrogen (secondary N) is 1. The lowest BCUT2D eigenvalue weighted by Crippen LogP contribution is -2.34. The minimum Gasteiger partial charge on any atom is -0.348 e. The van der Waals surface area contributed by atoms with Gasteiger partial charge in [0.1, 0.15) is 23.9 Å². The Morgan fingerprint density at radius 1 is 1.06 bits per heavy atom. The number of nitrogens with zero attached hydrogens (tertiary/aromatic N) is 5. The van der Waals surface area contributed by atoms with Crippen molar-refractivity contribution >= 4 is 33.4 Å². The molecule has 0 aliphatic carbocycles. The van der Waals surface area contributed by atoms with Gasteiger partial charge in [-0.1, -0.05) is 54.6 Å². The van der Waals surface area contributed by atoms with E-state index in [4.69, 9.17) is 0 Å². The van der Waals surface area contributed by atoms with Crippen LogP contribution in [0, 0.1) is 10.1 Å². The molecular formula is C25H20N6O4. The van der Waals surface area contributed by atoms with Crippen molar-refractivity contribution in [2.75, 3.05) is 0 Å². The van der Waals surface area contributed by atoms with Crippen LogP contribution in [-0.2, 0) is 11.3 Å². The van der Waals surface area contributed by atoms with Crippen LogP contribution in [-0.4, -0.2) is 30.2 Å². The monoisotopic (exact) mass is 468 g/mol. The van der Waals surface area contributed by atoms with Gasteiger partial charge in [-0.2, -0.15) is 5.10 Å². The fraction of sp³-hybridized carbons (Fsp3) is 0.120. The van der Waals surface area contributed by atoms with Crippen LogP contribution in [0.3, 0.4) is 0 Å². The fourth-order valence-corrected chi connectivity index (χ4v) is 4.18. The van der Waals surface area contributed by atoms with E-state index in [0.717, 1.165) is 16.3 Å². The van der Waals surface area contributed by atoms with Crippen molar-refractivity contribution in [1.29, 1.82) is 0 Å². The Labute approximate surface area is 198 Å². The van der Waals surface area contributed by atoms with Crippen molar-refractivity contribution < 1.29 is 9.72 Å². The number of aromatic nitrogens is 4. The summed E-state index contributed by atoms with van der Waals surface area (Å²) in [4.78, 5) is 40.9.